The van der Waals surface area contributed by atoms with Crippen molar-refractivity contribution >= 4 is 0 Å². The monoisotopic (exact) mass is 282 g/mol. The number of unbranched alkanes of at least 4 members (excludes halogenated alkanes) is 1. The summed E-state index contributed by atoms with van der Waals surface area (Å²) in [6.07, 6.45) is -2.58. The normalized spacial score (nSPS) is 28.6. The molecule has 20 heavy (non-hydrogen) atoms. The van der Waals surface area contributed by atoms with Crippen molar-refractivity contribution in [1.29, 1.82) is 0 Å². The molecule has 4 heteroatoms. The molecule has 0 spiro atoms. The maximum atomic E-state index is 13.3. The first kappa shape index (κ1) is 14.9. The lowest BCUT2D eigenvalue weighted by atomic mass is 9.89. The van der Waals surface area contributed by atoms with Crippen molar-refractivity contribution in [3.05, 3.63) is 35.9 Å². The quantitative estimate of drug-likeness (QED) is 0.594. The zero-order valence-electron chi connectivity index (χ0n) is 11.6. The van der Waals surface area contributed by atoms with Crippen molar-refractivity contribution in [2.45, 2.75) is 50.5 Å². The van der Waals surface area contributed by atoms with Crippen LogP contribution in [-0.4, -0.2) is 17.4 Å². The van der Waals surface area contributed by atoms with Crippen molar-refractivity contribution in [3.8, 4) is 11.8 Å². The second kappa shape index (κ2) is 5.14. The Morgan fingerprint density at radius 2 is 1.85 bits per heavy atom. The molecule has 2 rings (SSSR count). The highest BCUT2D eigenvalue weighted by Gasteiger charge is 2.79. The SMILES string of the molecule is CCCC[C@@]1(C)O[C@]1(C#Cc1ccccc1)C(F)(F)F. The zero-order chi connectivity index (χ0) is 14.9. The fourth-order valence-corrected chi connectivity index (χ4v) is 2.32. The van der Waals surface area contributed by atoms with Gasteiger partial charge in [0.2, 0.25) is 0 Å². The van der Waals surface area contributed by atoms with Crippen molar-refractivity contribution in [1.82, 2.24) is 0 Å². The van der Waals surface area contributed by atoms with Gasteiger partial charge in [0.05, 0.1) is 0 Å². The molecule has 1 heterocycles. The van der Waals surface area contributed by atoms with Crippen LogP contribution in [0.1, 0.15) is 38.7 Å². The molecule has 1 aromatic rings. The van der Waals surface area contributed by atoms with Crippen LogP contribution < -0.4 is 0 Å². The summed E-state index contributed by atoms with van der Waals surface area (Å²) in [5, 5.41) is 0. The fraction of sp³-hybridized carbons (Fsp3) is 0.500. The standard InChI is InChI=1S/C16H17F3O/c1-3-4-11-14(2)15(20-14,16(17,18)19)12-10-13-8-6-5-7-9-13/h5-9H,3-4,11H2,1-2H3/t14-,15+/m1/s1. The molecule has 0 amide bonds. The van der Waals surface area contributed by atoms with Crippen molar-refractivity contribution < 1.29 is 17.9 Å². The van der Waals surface area contributed by atoms with Crippen LogP contribution in [0.25, 0.3) is 0 Å². The largest absolute Gasteiger partial charge is 0.431 e. The van der Waals surface area contributed by atoms with Gasteiger partial charge in [-0.25, -0.2) is 0 Å². The molecule has 0 saturated carbocycles. The first-order valence-corrected chi connectivity index (χ1v) is 6.70. The Kier molecular flexibility index (Phi) is 3.84. The lowest BCUT2D eigenvalue weighted by molar-refractivity contribution is -0.167. The van der Waals surface area contributed by atoms with Gasteiger partial charge in [0.1, 0.15) is 5.60 Å². The van der Waals surface area contributed by atoms with E-state index in [1.54, 1.807) is 30.3 Å². The molecular formula is C16H17F3O. The van der Waals surface area contributed by atoms with Crippen molar-refractivity contribution in [3.63, 3.8) is 0 Å². The van der Waals surface area contributed by atoms with Gasteiger partial charge in [-0.3, -0.25) is 0 Å². The molecule has 1 nitrogen and oxygen atoms in total. The summed E-state index contributed by atoms with van der Waals surface area (Å²) < 4.78 is 45.0. The Bertz CT molecular complexity index is 526. The van der Waals surface area contributed by atoms with Crippen LogP contribution in [0, 0.1) is 11.8 Å². The second-order valence-corrected chi connectivity index (χ2v) is 5.23. The van der Waals surface area contributed by atoms with E-state index in [0.29, 0.717) is 18.4 Å². The molecule has 2 atom stereocenters. The van der Waals surface area contributed by atoms with E-state index in [-0.39, 0.29) is 0 Å². The van der Waals surface area contributed by atoms with E-state index in [1.807, 2.05) is 6.92 Å². The highest BCUT2D eigenvalue weighted by Crippen LogP contribution is 2.59. The predicted molar refractivity (Wildman–Crippen MR) is 71.1 cm³/mol. The Morgan fingerprint density at radius 3 is 2.40 bits per heavy atom. The number of alkyl halides is 3. The van der Waals surface area contributed by atoms with Crippen molar-refractivity contribution in [2.75, 3.05) is 0 Å². The van der Waals surface area contributed by atoms with Crippen LogP contribution in [0.3, 0.4) is 0 Å². The highest BCUT2D eigenvalue weighted by atomic mass is 19.4. The third kappa shape index (κ3) is 2.55. The number of rotatable bonds is 3. The van der Waals surface area contributed by atoms with Crippen LogP contribution >= 0.6 is 0 Å². The van der Waals surface area contributed by atoms with E-state index in [0.717, 1.165) is 6.42 Å². The molecule has 1 aliphatic rings. The molecule has 1 aromatic carbocycles. The van der Waals surface area contributed by atoms with Gasteiger partial charge in [-0.1, -0.05) is 43.9 Å². The van der Waals surface area contributed by atoms with Gasteiger partial charge in [-0.15, -0.1) is 0 Å². The van der Waals surface area contributed by atoms with Gasteiger partial charge >= 0.3 is 6.18 Å². The minimum absolute atomic E-state index is 0.368. The molecule has 1 aliphatic heterocycles. The molecule has 1 saturated heterocycles. The maximum Gasteiger partial charge on any atom is 0.431 e. The fourth-order valence-electron chi connectivity index (χ4n) is 2.32. The zero-order valence-corrected chi connectivity index (χ0v) is 11.6. The number of epoxide rings is 1. The third-order valence-corrected chi connectivity index (χ3v) is 3.64. The van der Waals surface area contributed by atoms with Crippen molar-refractivity contribution in [2.24, 2.45) is 0 Å². The Hall–Kier alpha value is -1.47. The van der Waals surface area contributed by atoms with Gasteiger partial charge in [-0.05, 0) is 31.4 Å². The maximum absolute atomic E-state index is 13.3. The minimum Gasteiger partial charge on any atom is -0.341 e. The third-order valence-electron chi connectivity index (χ3n) is 3.64. The summed E-state index contributed by atoms with van der Waals surface area (Å²) in [6.45, 7) is 3.44. The average molecular weight is 282 g/mol. The molecule has 0 radical (unpaired) electrons. The summed E-state index contributed by atoms with van der Waals surface area (Å²) >= 11 is 0. The highest BCUT2D eigenvalue weighted by molar-refractivity contribution is 5.42. The summed E-state index contributed by atoms with van der Waals surface area (Å²) in [5.74, 6) is 4.92. The van der Waals surface area contributed by atoms with E-state index < -0.39 is 17.4 Å². The number of hydrogen-bond donors (Lipinski definition) is 0. The molecule has 1 fully saturated rings. The molecular weight excluding hydrogens is 265 g/mol. The van der Waals surface area contributed by atoms with Crippen LogP contribution in [0.15, 0.2) is 30.3 Å². The summed E-state index contributed by atoms with van der Waals surface area (Å²) in [6, 6.07) is 8.65. The second-order valence-electron chi connectivity index (χ2n) is 5.23. The molecule has 0 bridgehead atoms. The lowest BCUT2D eigenvalue weighted by Crippen LogP contribution is -2.38. The van der Waals surface area contributed by atoms with Gasteiger partial charge in [-0.2, -0.15) is 13.2 Å². The van der Waals surface area contributed by atoms with Gasteiger partial charge in [0.15, 0.2) is 0 Å². The first-order valence-electron chi connectivity index (χ1n) is 6.70. The molecule has 0 aliphatic carbocycles. The van der Waals surface area contributed by atoms with Gasteiger partial charge < -0.3 is 4.74 Å². The minimum atomic E-state index is -4.47. The lowest BCUT2D eigenvalue weighted by Gasteiger charge is -2.14. The topological polar surface area (TPSA) is 12.5 Å². The Morgan fingerprint density at radius 1 is 1.20 bits per heavy atom. The smallest absolute Gasteiger partial charge is 0.341 e. The van der Waals surface area contributed by atoms with Crippen LogP contribution in [0.4, 0.5) is 13.2 Å². The van der Waals surface area contributed by atoms with E-state index in [1.165, 1.54) is 6.92 Å². The summed E-state index contributed by atoms with van der Waals surface area (Å²) in [7, 11) is 0. The predicted octanol–water partition coefficient (Wildman–Crippen LogP) is 4.32. The van der Waals surface area contributed by atoms with Gasteiger partial charge in [0, 0.05) is 5.56 Å². The van der Waals surface area contributed by atoms with E-state index in [9.17, 15) is 13.2 Å². The van der Waals surface area contributed by atoms with Crippen LogP contribution in [-0.2, 0) is 4.74 Å². The van der Waals surface area contributed by atoms with Gasteiger partial charge in [0.25, 0.3) is 5.60 Å². The molecule has 0 unspecified atom stereocenters. The first-order chi connectivity index (χ1) is 9.35. The number of benzene rings is 1. The molecule has 0 aromatic heterocycles. The Labute approximate surface area is 117 Å². The summed E-state index contributed by atoms with van der Waals surface area (Å²) in [5.41, 5.74) is -2.97. The Balaban J connectivity index is 2.27. The van der Waals surface area contributed by atoms with E-state index in [2.05, 4.69) is 11.8 Å². The number of ether oxygens (including phenoxy) is 1. The van der Waals surface area contributed by atoms with Crippen LogP contribution in [0.2, 0.25) is 0 Å². The van der Waals surface area contributed by atoms with E-state index in [4.69, 9.17) is 4.74 Å². The number of hydrogen-bond acceptors (Lipinski definition) is 1. The van der Waals surface area contributed by atoms with E-state index >= 15 is 0 Å². The number of halogens is 3. The average Bonchev–Trinajstić information content (AvgIpc) is 3.02. The molecule has 0 N–H and O–H groups in total. The molecule has 108 valence electrons. The summed E-state index contributed by atoms with van der Waals surface area (Å²) in [4.78, 5) is 0. The van der Waals surface area contributed by atoms with Crippen LogP contribution in [0.5, 0.6) is 0 Å².